The molecule has 0 aliphatic carbocycles. The minimum absolute atomic E-state index is 0.0194. The van der Waals surface area contributed by atoms with E-state index < -0.39 is 0 Å². The van der Waals surface area contributed by atoms with Crippen molar-refractivity contribution in [3.05, 3.63) is 0 Å². The maximum absolute atomic E-state index is 5.65. The van der Waals surface area contributed by atoms with E-state index in [-0.39, 0.29) is 18.1 Å². The van der Waals surface area contributed by atoms with Gasteiger partial charge in [0.1, 0.15) is 0 Å². The number of nitrogens with zero attached hydrogens (tertiary/aromatic N) is 4. The molecule has 0 aliphatic rings. The standard InChI is InChI=1S/C11H21N5O/c1-5-7-16(6-2)10-13-9(12)14-11(15-10)17-8(3)4/h8H,5-7H2,1-4H3,(H2,12,13,14,15). The molecule has 17 heavy (non-hydrogen) atoms. The summed E-state index contributed by atoms with van der Waals surface area (Å²) in [5.74, 6) is 0.776. The Morgan fingerprint density at radius 2 is 1.94 bits per heavy atom. The molecule has 0 spiro atoms. The van der Waals surface area contributed by atoms with E-state index in [9.17, 15) is 0 Å². The van der Waals surface area contributed by atoms with Gasteiger partial charge in [-0.3, -0.25) is 0 Å². The first-order valence-corrected chi connectivity index (χ1v) is 6.00. The Kier molecular flexibility index (Phi) is 4.93. The molecule has 96 valence electrons. The van der Waals surface area contributed by atoms with Crippen molar-refractivity contribution in [2.45, 2.75) is 40.2 Å². The molecule has 1 aromatic heterocycles. The third-order valence-corrected chi connectivity index (χ3v) is 2.12. The van der Waals surface area contributed by atoms with Crippen LogP contribution in [0.5, 0.6) is 6.01 Å². The van der Waals surface area contributed by atoms with Gasteiger partial charge in [-0.05, 0) is 27.2 Å². The number of hydrogen-bond acceptors (Lipinski definition) is 6. The lowest BCUT2D eigenvalue weighted by Crippen LogP contribution is -2.26. The van der Waals surface area contributed by atoms with E-state index in [1.165, 1.54) is 0 Å². The van der Waals surface area contributed by atoms with Crippen molar-refractivity contribution >= 4 is 11.9 Å². The summed E-state index contributed by atoms with van der Waals surface area (Å²) >= 11 is 0. The highest BCUT2D eigenvalue weighted by Gasteiger charge is 2.11. The van der Waals surface area contributed by atoms with E-state index in [0.717, 1.165) is 19.5 Å². The smallest absolute Gasteiger partial charge is 0.323 e. The van der Waals surface area contributed by atoms with Crippen LogP contribution in [0.2, 0.25) is 0 Å². The van der Waals surface area contributed by atoms with E-state index in [1.54, 1.807) is 0 Å². The Labute approximate surface area is 102 Å². The monoisotopic (exact) mass is 239 g/mol. The van der Waals surface area contributed by atoms with Gasteiger partial charge in [-0.1, -0.05) is 6.92 Å². The van der Waals surface area contributed by atoms with Crippen molar-refractivity contribution in [1.29, 1.82) is 0 Å². The van der Waals surface area contributed by atoms with E-state index in [4.69, 9.17) is 10.5 Å². The van der Waals surface area contributed by atoms with Gasteiger partial charge in [0.15, 0.2) is 0 Å². The number of rotatable bonds is 6. The first-order valence-electron chi connectivity index (χ1n) is 6.00. The minimum Gasteiger partial charge on any atom is -0.461 e. The fraction of sp³-hybridized carbons (Fsp3) is 0.727. The fourth-order valence-electron chi connectivity index (χ4n) is 1.44. The molecule has 0 radical (unpaired) electrons. The van der Waals surface area contributed by atoms with Gasteiger partial charge in [0.05, 0.1) is 6.10 Å². The SMILES string of the molecule is CCCN(CC)c1nc(N)nc(OC(C)C)n1. The van der Waals surface area contributed by atoms with E-state index in [1.807, 2.05) is 18.7 Å². The second kappa shape index (κ2) is 6.22. The number of hydrogen-bond donors (Lipinski definition) is 1. The van der Waals surface area contributed by atoms with Crippen LogP contribution in [0, 0.1) is 0 Å². The molecule has 0 fully saturated rings. The summed E-state index contributed by atoms with van der Waals surface area (Å²) in [4.78, 5) is 14.4. The second-order valence-electron chi connectivity index (χ2n) is 4.02. The molecule has 0 saturated carbocycles. The summed E-state index contributed by atoms with van der Waals surface area (Å²) in [5, 5.41) is 0. The van der Waals surface area contributed by atoms with Crippen LogP contribution in [0.1, 0.15) is 34.1 Å². The highest BCUT2D eigenvalue weighted by molar-refractivity contribution is 5.35. The molecule has 6 heteroatoms. The molecule has 0 aromatic carbocycles. The normalized spacial score (nSPS) is 10.6. The molecule has 0 bridgehead atoms. The maximum Gasteiger partial charge on any atom is 0.323 e. The Morgan fingerprint density at radius 1 is 1.24 bits per heavy atom. The van der Waals surface area contributed by atoms with Crippen molar-refractivity contribution < 1.29 is 4.74 Å². The lowest BCUT2D eigenvalue weighted by atomic mass is 10.4. The van der Waals surface area contributed by atoms with Gasteiger partial charge in [0.25, 0.3) is 0 Å². The van der Waals surface area contributed by atoms with Gasteiger partial charge in [-0.25, -0.2) is 0 Å². The van der Waals surface area contributed by atoms with Crippen LogP contribution < -0.4 is 15.4 Å². The quantitative estimate of drug-likeness (QED) is 0.810. The van der Waals surface area contributed by atoms with Gasteiger partial charge >= 0.3 is 6.01 Å². The van der Waals surface area contributed by atoms with Gasteiger partial charge in [-0.2, -0.15) is 15.0 Å². The average Bonchev–Trinajstić information content (AvgIpc) is 2.23. The minimum atomic E-state index is 0.0194. The van der Waals surface area contributed by atoms with Gasteiger partial charge in [0.2, 0.25) is 11.9 Å². The summed E-state index contributed by atoms with van der Waals surface area (Å²) in [6, 6.07) is 0.289. The van der Waals surface area contributed by atoms with Crippen molar-refractivity contribution in [3.8, 4) is 6.01 Å². The molecule has 0 aliphatic heterocycles. The van der Waals surface area contributed by atoms with Crippen LogP contribution in [-0.4, -0.2) is 34.1 Å². The highest BCUT2D eigenvalue weighted by atomic mass is 16.5. The molecule has 0 amide bonds. The number of aromatic nitrogens is 3. The van der Waals surface area contributed by atoms with Crippen LogP contribution in [0.3, 0.4) is 0 Å². The first-order chi connectivity index (χ1) is 8.06. The largest absolute Gasteiger partial charge is 0.461 e. The zero-order valence-electron chi connectivity index (χ0n) is 11.0. The average molecular weight is 239 g/mol. The molecule has 2 N–H and O–H groups in total. The highest BCUT2D eigenvalue weighted by Crippen LogP contribution is 2.14. The summed E-state index contributed by atoms with van der Waals surface area (Å²) < 4.78 is 5.44. The predicted octanol–water partition coefficient (Wildman–Crippen LogP) is 1.48. The molecular formula is C11H21N5O. The molecule has 0 saturated heterocycles. The molecular weight excluding hydrogens is 218 g/mol. The first kappa shape index (κ1) is 13.5. The summed E-state index contributed by atoms with van der Waals surface area (Å²) in [6.07, 6.45) is 1.05. The van der Waals surface area contributed by atoms with Crippen LogP contribution in [0.25, 0.3) is 0 Å². The Bertz CT molecular complexity index is 356. The molecule has 0 atom stereocenters. The van der Waals surface area contributed by atoms with Crippen LogP contribution in [0.15, 0.2) is 0 Å². The fourth-order valence-corrected chi connectivity index (χ4v) is 1.44. The maximum atomic E-state index is 5.65. The molecule has 1 aromatic rings. The summed E-state index contributed by atoms with van der Waals surface area (Å²) in [6.45, 7) is 9.73. The number of nitrogens with two attached hydrogens (primary N) is 1. The zero-order chi connectivity index (χ0) is 12.8. The Morgan fingerprint density at radius 3 is 2.47 bits per heavy atom. The van der Waals surface area contributed by atoms with Crippen molar-refractivity contribution in [2.75, 3.05) is 23.7 Å². The van der Waals surface area contributed by atoms with Crippen LogP contribution >= 0.6 is 0 Å². The molecule has 1 rings (SSSR count). The summed E-state index contributed by atoms with van der Waals surface area (Å²) in [7, 11) is 0. The lowest BCUT2D eigenvalue weighted by molar-refractivity contribution is 0.222. The zero-order valence-corrected chi connectivity index (χ0v) is 11.0. The van der Waals surface area contributed by atoms with Gasteiger partial charge in [0, 0.05) is 13.1 Å². The van der Waals surface area contributed by atoms with E-state index >= 15 is 0 Å². The molecule has 1 heterocycles. The number of nitrogen functional groups attached to an aromatic ring is 1. The van der Waals surface area contributed by atoms with E-state index in [2.05, 4.69) is 28.8 Å². The van der Waals surface area contributed by atoms with Crippen LogP contribution in [0.4, 0.5) is 11.9 Å². The molecule has 0 unspecified atom stereocenters. The predicted molar refractivity (Wildman–Crippen MR) is 68.2 cm³/mol. The Balaban J connectivity index is 2.94. The van der Waals surface area contributed by atoms with Crippen molar-refractivity contribution in [2.24, 2.45) is 0 Å². The Hall–Kier alpha value is -1.59. The lowest BCUT2D eigenvalue weighted by Gasteiger charge is -2.20. The van der Waals surface area contributed by atoms with Crippen molar-refractivity contribution in [1.82, 2.24) is 15.0 Å². The summed E-state index contributed by atoms with van der Waals surface area (Å²) in [5.41, 5.74) is 5.65. The third-order valence-electron chi connectivity index (χ3n) is 2.12. The second-order valence-corrected chi connectivity index (χ2v) is 4.02. The van der Waals surface area contributed by atoms with Crippen LogP contribution in [-0.2, 0) is 0 Å². The topological polar surface area (TPSA) is 77.2 Å². The third kappa shape index (κ3) is 4.05. The number of anilines is 2. The van der Waals surface area contributed by atoms with E-state index in [0.29, 0.717) is 5.95 Å². The molecule has 6 nitrogen and oxygen atoms in total. The van der Waals surface area contributed by atoms with Gasteiger partial charge in [-0.15, -0.1) is 0 Å². The van der Waals surface area contributed by atoms with Gasteiger partial charge < -0.3 is 15.4 Å². The number of ether oxygens (including phenoxy) is 1. The van der Waals surface area contributed by atoms with Crippen molar-refractivity contribution in [3.63, 3.8) is 0 Å².